The van der Waals surface area contributed by atoms with Gasteiger partial charge in [-0.2, -0.15) is 0 Å². The van der Waals surface area contributed by atoms with Crippen molar-refractivity contribution in [2.75, 3.05) is 40.0 Å². The molecule has 2 rings (SSSR count). The van der Waals surface area contributed by atoms with Crippen LogP contribution in [0.4, 0.5) is 8.78 Å². The molecule has 3 nitrogen and oxygen atoms in total. The molecule has 1 saturated heterocycles. The summed E-state index contributed by atoms with van der Waals surface area (Å²) in [7, 11) is 1.48. The summed E-state index contributed by atoms with van der Waals surface area (Å²) in [5, 5.41) is 3.23. The standard InChI is InChI=1S/C13H18F2N2O.ClH/c1-18-13-8-10(15)2-3-11(13)12(9-14)17-6-4-16-5-7-17;/h2-3,8,12,16H,4-7,9H2,1H3;1H/t12-;/m1./s1. The molecule has 6 heteroatoms. The van der Waals surface area contributed by atoms with Crippen LogP contribution in [0, 0.1) is 5.82 Å². The Hall–Kier alpha value is -0.910. The fourth-order valence-corrected chi connectivity index (χ4v) is 2.33. The Morgan fingerprint density at radius 3 is 2.63 bits per heavy atom. The molecule has 19 heavy (non-hydrogen) atoms. The molecule has 0 saturated carbocycles. The smallest absolute Gasteiger partial charge is 0.126 e. The maximum Gasteiger partial charge on any atom is 0.126 e. The fraction of sp³-hybridized carbons (Fsp3) is 0.538. The number of nitrogens with one attached hydrogen (secondary N) is 1. The van der Waals surface area contributed by atoms with Gasteiger partial charge in [0, 0.05) is 37.8 Å². The first kappa shape index (κ1) is 16.1. The number of piperazine rings is 1. The highest BCUT2D eigenvalue weighted by Crippen LogP contribution is 2.30. The highest BCUT2D eigenvalue weighted by Gasteiger charge is 2.24. The first-order chi connectivity index (χ1) is 8.76. The molecule has 1 aliphatic rings. The summed E-state index contributed by atoms with van der Waals surface area (Å²) in [6, 6.07) is 3.91. The molecule has 1 fully saturated rings. The zero-order valence-corrected chi connectivity index (χ0v) is 11.7. The van der Waals surface area contributed by atoms with Crippen molar-refractivity contribution in [3.63, 3.8) is 0 Å². The minimum Gasteiger partial charge on any atom is -0.496 e. The van der Waals surface area contributed by atoms with Crippen LogP contribution in [-0.4, -0.2) is 44.9 Å². The van der Waals surface area contributed by atoms with Gasteiger partial charge in [0.15, 0.2) is 0 Å². The molecular weight excluding hydrogens is 274 g/mol. The average Bonchev–Trinajstić information content (AvgIpc) is 2.42. The minimum absolute atomic E-state index is 0. The van der Waals surface area contributed by atoms with Gasteiger partial charge in [0.05, 0.1) is 13.2 Å². The number of nitrogens with zero attached hydrogens (tertiary/aromatic N) is 1. The van der Waals surface area contributed by atoms with E-state index in [-0.39, 0.29) is 24.3 Å². The van der Waals surface area contributed by atoms with Crippen molar-refractivity contribution < 1.29 is 13.5 Å². The van der Waals surface area contributed by atoms with Gasteiger partial charge in [-0.1, -0.05) is 6.07 Å². The molecule has 108 valence electrons. The fourth-order valence-electron chi connectivity index (χ4n) is 2.33. The Balaban J connectivity index is 0.00000180. The zero-order valence-electron chi connectivity index (χ0n) is 10.9. The number of alkyl halides is 1. The monoisotopic (exact) mass is 292 g/mol. The maximum atomic E-state index is 13.3. The molecule has 1 aliphatic heterocycles. The Morgan fingerprint density at radius 2 is 2.05 bits per heavy atom. The van der Waals surface area contributed by atoms with E-state index < -0.39 is 6.67 Å². The van der Waals surface area contributed by atoms with Crippen LogP contribution < -0.4 is 10.1 Å². The third-order valence-electron chi connectivity index (χ3n) is 3.29. The largest absolute Gasteiger partial charge is 0.496 e. The number of ether oxygens (including phenoxy) is 1. The van der Waals surface area contributed by atoms with E-state index in [1.165, 1.54) is 19.2 Å². The van der Waals surface area contributed by atoms with E-state index >= 15 is 0 Å². The van der Waals surface area contributed by atoms with Gasteiger partial charge >= 0.3 is 0 Å². The topological polar surface area (TPSA) is 24.5 Å². The molecule has 0 amide bonds. The lowest BCUT2D eigenvalue weighted by Crippen LogP contribution is -2.45. The van der Waals surface area contributed by atoms with Crippen LogP contribution in [0.1, 0.15) is 11.6 Å². The third kappa shape index (κ3) is 3.78. The quantitative estimate of drug-likeness (QED) is 0.920. The molecule has 1 N–H and O–H groups in total. The molecule has 0 spiro atoms. The van der Waals surface area contributed by atoms with Gasteiger partial charge in [0.25, 0.3) is 0 Å². The predicted molar refractivity (Wildman–Crippen MR) is 73.4 cm³/mol. The Morgan fingerprint density at radius 1 is 1.37 bits per heavy atom. The predicted octanol–water partition coefficient (Wildman–Crippen LogP) is 2.17. The van der Waals surface area contributed by atoms with E-state index in [9.17, 15) is 8.78 Å². The zero-order chi connectivity index (χ0) is 13.0. The molecule has 0 aromatic heterocycles. The lowest BCUT2D eigenvalue weighted by Gasteiger charge is -2.34. The summed E-state index contributed by atoms with van der Waals surface area (Å²) >= 11 is 0. The van der Waals surface area contributed by atoms with Crippen molar-refractivity contribution in [2.45, 2.75) is 6.04 Å². The summed E-state index contributed by atoms with van der Waals surface area (Å²) < 4.78 is 31.6. The summed E-state index contributed by atoms with van der Waals surface area (Å²) in [4.78, 5) is 2.06. The lowest BCUT2D eigenvalue weighted by atomic mass is 10.0. The number of hydrogen-bond acceptors (Lipinski definition) is 3. The highest BCUT2D eigenvalue weighted by atomic mass is 35.5. The number of halogens is 3. The van der Waals surface area contributed by atoms with Gasteiger partial charge < -0.3 is 10.1 Å². The molecule has 0 radical (unpaired) electrons. The second kappa shape index (κ2) is 7.62. The Labute approximate surface area is 118 Å². The van der Waals surface area contributed by atoms with E-state index in [1.807, 2.05) is 0 Å². The van der Waals surface area contributed by atoms with Gasteiger partial charge in [0.2, 0.25) is 0 Å². The van der Waals surface area contributed by atoms with Gasteiger partial charge in [-0.15, -0.1) is 12.4 Å². The second-order valence-electron chi connectivity index (χ2n) is 4.34. The molecule has 1 atom stereocenters. The van der Waals surface area contributed by atoms with Crippen molar-refractivity contribution in [3.8, 4) is 5.75 Å². The molecule has 0 unspecified atom stereocenters. The van der Waals surface area contributed by atoms with Crippen LogP contribution in [-0.2, 0) is 0 Å². The number of rotatable bonds is 4. The van der Waals surface area contributed by atoms with Crippen LogP contribution in [0.2, 0.25) is 0 Å². The van der Waals surface area contributed by atoms with Crippen molar-refractivity contribution in [1.29, 1.82) is 0 Å². The molecular formula is C13H19ClF2N2O. The van der Waals surface area contributed by atoms with E-state index in [2.05, 4.69) is 10.2 Å². The molecule has 1 heterocycles. The first-order valence-electron chi connectivity index (χ1n) is 6.10. The van der Waals surface area contributed by atoms with Crippen molar-refractivity contribution in [3.05, 3.63) is 29.6 Å². The summed E-state index contributed by atoms with van der Waals surface area (Å²) in [5.41, 5.74) is 0.711. The van der Waals surface area contributed by atoms with Gasteiger partial charge in [-0.3, -0.25) is 4.90 Å². The third-order valence-corrected chi connectivity index (χ3v) is 3.29. The minimum atomic E-state index is -0.498. The second-order valence-corrected chi connectivity index (χ2v) is 4.34. The van der Waals surface area contributed by atoms with Crippen molar-refractivity contribution in [1.82, 2.24) is 10.2 Å². The van der Waals surface area contributed by atoms with E-state index in [0.717, 1.165) is 26.2 Å². The SMILES string of the molecule is COc1cc(F)ccc1[C@@H](CF)N1CCNCC1.Cl. The number of hydrogen-bond donors (Lipinski definition) is 1. The average molecular weight is 293 g/mol. The van der Waals surface area contributed by atoms with E-state index in [4.69, 9.17) is 4.74 Å². The highest BCUT2D eigenvalue weighted by molar-refractivity contribution is 5.85. The van der Waals surface area contributed by atoms with Crippen LogP contribution in [0.3, 0.4) is 0 Å². The maximum absolute atomic E-state index is 13.3. The van der Waals surface area contributed by atoms with Crippen LogP contribution >= 0.6 is 12.4 Å². The summed E-state index contributed by atoms with van der Waals surface area (Å²) in [6.07, 6.45) is 0. The molecule has 1 aromatic rings. The molecule has 1 aromatic carbocycles. The summed E-state index contributed by atoms with van der Waals surface area (Å²) in [6.45, 7) is 2.77. The van der Waals surface area contributed by atoms with E-state index in [1.54, 1.807) is 6.07 Å². The lowest BCUT2D eigenvalue weighted by molar-refractivity contribution is 0.145. The normalized spacial score (nSPS) is 17.6. The van der Waals surface area contributed by atoms with Crippen molar-refractivity contribution >= 4 is 12.4 Å². The van der Waals surface area contributed by atoms with Crippen LogP contribution in [0.15, 0.2) is 18.2 Å². The van der Waals surface area contributed by atoms with Crippen LogP contribution in [0.25, 0.3) is 0 Å². The summed E-state index contributed by atoms with van der Waals surface area (Å²) in [5.74, 6) is 0.0460. The van der Waals surface area contributed by atoms with Gasteiger partial charge in [-0.05, 0) is 6.07 Å². The van der Waals surface area contributed by atoms with Crippen molar-refractivity contribution in [2.24, 2.45) is 0 Å². The Kier molecular flexibility index (Phi) is 6.48. The number of methoxy groups -OCH3 is 1. The Bertz CT molecular complexity index is 400. The molecule has 0 bridgehead atoms. The number of benzene rings is 1. The first-order valence-corrected chi connectivity index (χ1v) is 6.10. The van der Waals surface area contributed by atoms with Crippen LogP contribution in [0.5, 0.6) is 5.75 Å². The van der Waals surface area contributed by atoms with E-state index in [0.29, 0.717) is 11.3 Å². The molecule has 0 aliphatic carbocycles. The van der Waals surface area contributed by atoms with Gasteiger partial charge in [0.1, 0.15) is 18.2 Å². The van der Waals surface area contributed by atoms with Gasteiger partial charge in [-0.25, -0.2) is 8.78 Å².